The number of methoxy groups -OCH3 is 2. The van der Waals surface area contributed by atoms with Gasteiger partial charge in [0.2, 0.25) is 0 Å². The van der Waals surface area contributed by atoms with Crippen LogP contribution in [-0.2, 0) is 9.47 Å². The van der Waals surface area contributed by atoms with E-state index in [2.05, 4.69) is 0 Å². The third-order valence-electron chi connectivity index (χ3n) is 3.12. The van der Waals surface area contributed by atoms with E-state index in [1.165, 1.54) is 20.3 Å². The first kappa shape index (κ1) is 14.9. The number of rotatable bonds is 5. The van der Waals surface area contributed by atoms with E-state index in [0.717, 1.165) is 0 Å². The maximum absolute atomic E-state index is 12.0. The number of hydrogen-bond acceptors (Lipinski definition) is 5. The molecular formula is C14H17ClO5. The molecule has 1 aliphatic rings. The number of ether oxygens (including phenoxy) is 4. The predicted molar refractivity (Wildman–Crippen MR) is 73.8 cm³/mol. The Hall–Kier alpha value is -1.46. The van der Waals surface area contributed by atoms with Crippen molar-refractivity contribution < 1.29 is 23.7 Å². The van der Waals surface area contributed by atoms with Gasteiger partial charge in [0, 0.05) is 5.41 Å². The lowest BCUT2D eigenvalue weighted by Crippen LogP contribution is -2.44. The van der Waals surface area contributed by atoms with E-state index in [0.29, 0.717) is 41.9 Å². The summed E-state index contributed by atoms with van der Waals surface area (Å²) in [4.78, 5) is 12.0. The summed E-state index contributed by atoms with van der Waals surface area (Å²) < 4.78 is 20.7. The molecule has 0 atom stereocenters. The zero-order valence-electron chi connectivity index (χ0n) is 11.7. The van der Waals surface area contributed by atoms with Crippen molar-refractivity contribution in [3.05, 3.63) is 22.7 Å². The van der Waals surface area contributed by atoms with Crippen LogP contribution in [0.4, 0.5) is 0 Å². The molecule has 1 aliphatic heterocycles. The Labute approximate surface area is 122 Å². The largest absolute Gasteiger partial charge is 0.493 e. The van der Waals surface area contributed by atoms with Crippen LogP contribution in [0.25, 0.3) is 0 Å². The third-order valence-corrected chi connectivity index (χ3v) is 3.40. The number of halogens is 1. The third kappa shape index (κ3) is 2.99. The van der Waals surface area contributed by atoms with Gasteiger partial charge in [0.25, 0.3) is 0 Å². The van der Waals surface area contributed by atoms with Gasteiger partial charge >= 0.3 is 5.97 Å². The van der Waals surface area contributed by atoms with Crippen LogP contribution in [0.2, 0.25) is 5.02 Å². The van der Waals surface area contributed by atoms with Gasteiger partial charge in [-0.05, 0) is 12.1 Å². The second-order valence-electron chi connectivity index (χ2n) is 5.07. The van der Waals surface area contributed by atoms with Crippen molar-refractivity contribution in [2.75, 3.05) is 34.0 Å². The SMILES string of the molecule is COc1cc(C(=O)OCC2(C)COC2)cc(Cl)c1OC. The first-order valence-corrected chi connectivity index (χ1v) is 6.53. The van der Waals surface area contributed by atoms with Gasteiger partial charge in [-0.1, -0.05) is 18.5 Å². The fourth-order valence-corrected chi connectivity index (χ4v) is 2.18. The average Bonchev–Trinajstić information content (AvgIpc) is 2.41. The smallest absolute Gasteiger partial charge is 0.338 e. The van der Waals surface area contributed by atoms with E-state index in [1.54, 1.807) is 6.07 Å². The minimum Gasteiger partial charge on any atom is -0.493 e. The predicted octanol–water partition coefficient (Wildman–Crippen LogP) is 2.55. The molecule has 6 heteroatoms. The summed E-state index contributed by atoms with van der Waals surface area (Å²) >= 11 is 6.05. The summed E-state index contributed by atoms with van der Waals surface area (Å²) in [5.74, 6) is 0.344. The Morgan fingerprint density at radius 3 is 2.55 bits per heavy atom. The van der Waals surface area contributed by atoms with E-state index in [1.807, 2.05) is 6.92 Å². The highest BCUT2D eigenvalue weighted by Crippen LogP contribution is 2.36. The van der Waals surface area contributed by atoms with Gasteiger partial charge < -0.3 is 18.9 Å². The van der Waals surface area contributed by atoms with Gasteiger partial charge in [-0.2, -0.15) is 0 Å². The summed E-state index contributed by atoms with van der Waals surface area (Å²) in [6.45, 7) is 3.53. The zero-order valence-corrected chi connectivity index (χ0v) is 12.5. The second kappa shape index (κ2) is 5.89. The molecule has 20 heavy (non-hydrogen) atoms. The first-order valence-electron chi connectivity index (χ1n) is 6.15. The minimum atomic E-state index is -0.444. The van der Waals surface area contributed by atoms with Crippen LogP contribution in [-0.4, -0.2) is 40.0 Å². The van der Waals surface area contributed by atoms with Crippen LogP contribution in [0.5, 0.6) is 11.5 Å². The van der Waals surface area contributed by atoms with Crippen molar-refractivity contribution in [1.82, 2.24) is 0 Å². The highest BCUT2D eigenvalue weighted by atomic mass is 35.5. The van der Waals surface area contributed by atoms with Crippen molar-refractivity contribution >= 4 is 17.6 Å². The second-order valence-corrected chi connectivity index (χ2v) is 5.48. The average molecular weight is 301 g/mol. The number of benzene rings is 1. The topological polar surface area (TPSA) is 54.0 Å². The molecule has 1 aromatic rings. The molecule has 1 aromatic carbocycles. The summed E-state index contributed by atoms with van der Waals surface area (Å²) in [5, 5.41) is 0.303. The molecule has 0 unspecified atom stereocenters. The fourth-order valence-electron chi connectivity index (χ4n) is 1.89. The Kier molecular flexibility index (Phi) is 4.40. The summed E-state index contributed by atoms with van der Waals surface area (Å²) in [6, 6.07) is 3.05. The number of hydrogen-bond donors (Lipinski definition) is 0. The van der Waals surface area contributed by atoms with Gasteiger partial charge in [0.15, 0.2) is 11.5 Å². The van der Waals surface area contributed by atoms with Crippen LogP contribution < -0.4 is 9.47 Å². The fraction of sp³-hybridized carbons (Fsp3) is 0.500. The van der Waals surface area contributed by atoms with Gasteiger partial charge in [0.05, 0.1) is 38.0 Å². The molecule has 1 heterocycles. The van der Waals surface area contributed by atoms with Gasteiger partial charge in [0.1, 0.15) is 6.61 Å². The molecular weight excluding hydrogens is 284 g/mol. The van der Waals surface area contributed by atoms with Crippen LogP contribution in [0.3, 0.4) is 0 Å². The highest BCUT2D eigenvalue weighted by Gasteiger charge is 2.35. The lowest BCUT2D eigenvalue weighted by atomic mass is 9.90. The van der Waals surface area contributed by atoms with Crippen molar-refractivity contribution in [2.24, 2.45) is 5.41 Å². The van der Waals surface area contributed by atoms with Crippen LogP contribution >= 0.6 is 11.6 Å². The van der Waals surface area contributed by atoms with Crippen molar-refractivity contribution in [3.63, 3.8) is 0 Å². The molecule has 0 aliphatic carbocycles. The Morgan fingerprint density at radius 1 is 1.35 bits per heavy atom. The van der Waals surface area contributed by atoms with E-state index >= 15 is 0 Å². The minimum absolute atomic E-state index is 0.0873. The number of carbonyl (C=O) groups excluding carboxylic acids is 1. The van der Waals surface area contributed by atoms with Gasteiger partial charge in [-0.15, -0.1) is 0 Å². The monoisotopic (exact) mass is 300 g/mol. The Morgan fingerprint density at radius 2 is 2.05 bits per heavy atom. The molecule has 0 spiro atoms. The van der Waals surface area contributed by atoms with Gasteiger partial charge in [-0.25, -0.2) is 4.79 Å². The maximum atomic E-state index is 12.0. The molecule has 1 fully saturated rings. The molecule has 0 aromatic heterocycles. The van der Waals surface area contributed by atoms with E-state index in [-0.39, 0.29) is 5.41 Å². The van der Waals surface area contributed by atoms with E-state index in [4.69, 9.17) is 30.5 Å². The van der Waals surface area contributed by atoms with Crippen LogP contribution in [0.1, 0.15) is 17.3 Å². The standard InChI is InChI=1S/C14H17ClO5/c1-14(6-19-7-14)8-20-13(16)9-4-10(15)12(18-3)11(5-9)17-2/h4-5H,6-8H2,1-3H3. The van der Waals surface area contributed by atoms with E-state index < -0.39 is 5.97 Å². The van der Waals surface area contributed by atoms with Crippen molar-refractivity contribution in [3.8, 4) is 11.5 Å². The summed E-state index contributed by atoms with van der Waals surface area (Å²) in [5.41, 5.74) is 0.243. The van der Waals surface area contributed by atoms with Crippen LogP contribution in [0.15, 0.2) is 12.1 Å². The van der Waals surface area contributed by atoms with Crippen molar-refractivity contribution in [1.29, 1.82) is 0 Å². The molecule has 0 amide bonds. The number of carbonyl (C=O) groups is 1. The molecule has 0 saturated carbocycles. The lowest BCUT2D eigenvalue weighted by molar-refractivity contribution is -0.127. The molecule has 0 radical (unpaired) electrons. The molecule has 1 saturated heterocycles. The normalized spacial score (nSPS) is 16.2. The molecule has 2 rings (SSSR count). The van der Waals surface area contributed by atoms with Crippen LogP contribution in [0, 0.1) is 5.41 Å². The zero-order chi connectivity index (χ0) is 14.8. The Bertz CT molecular complexity index is 511. The molecule has 5 nitrogen and oxygen atoms in total. The Balaban J connectivity index is 2.11. The van der Waals surface area contributed by atoms with Gasteiger partial charge in [-0.3, -0.25) is 0 Å². The quantitative estimate of drug-likeness (QED) is 0.782. The van der Waals surface area contributed by atoms with Crippen molar-refractivity contribution in [2.45, 2.75) is 6.92 Å². The lowest BCUT2D eigenvalue weighted by Gasteiger charge is -2.37. The first-order chi connectivity index (χ1) is 9.49. The van der Waals surface area contributed by atoms with E-state index in [9.17, 15) is 4.79 Å². The molecule has 0 bridgehead atoms. The molecule has 110 valence electrons. The summed E-state index contributed by atoms with van der Waals surface area (Å²) in [6.07, 6.45) is 0. The summed E-state index contributed by atoms with van der Waals surface area (Å²) in [7, 11) is 2.97. The maximum Gasteiger partial charge on any atom is 0.338 e. The number of esters is 1. The highest BCUT2D eigenvalue weighted by molar-refractivity contribution is 6.32. The molecule has 0 N–H and O–H groups in total.